The van der Waals surface area contributed by atoms with Gasteiger partial charge < -0.3 is 5.11 Å². The molecule has 2 heteroatoms. The molecule has 122 valence electrons. The maximum absolute atomic E-state index is 12.5. The summed E-state index contributed by atoms with van der Waals surface area (Å²) in [6.45, 7) is 2.29. The highest BCUT2D eigenvalue weighted by molar-refractivity contribution is 5.87. The monoisotopic (exact) mass is 302 g/mol. The van der Waals surface area contributed by atoms with Crippen LogP contribution < -0.4 is 0 Å². The van der Waals surface area contributed by atoms with E-state index in [2.05, 4.69) is 6.92 Å². The molecule has 0 aliphatic heterocycles. The van der Waals surface area contributed by atoms with E-state index in [4.69, 9.17) is 0 Å². The van der Waals surface area contributed by atoms with Gasteiger partial charge in [-0.25, -0.2) is 0 Å². The van der Waals surface area contributed by atoms with Crippen LogP contribution in [0.4, 0.5) is 0 Å². The summed E-state index contributed by atoms with van der Waals surface area (Å²) in [5.41, 5.74) is 1.14. The summed E-state index contributed by atoms with van der Waals surface area (Å²) >= 11 is 0. The molecular weight excluding hydrogens is 272 g/mol. The molecule has 0 bridgehead atoms. The predicted molar refractivity (Wildman–Crippen MR) is 85.2 cm³/mol. The SMILES string of the molecule is CC12CCC34CCC35CCC(O)CC5CCC4C1CCC2=O. The van der Waals surface area contributed by atoms with Crippen molar-refractivity contribution in [2.45, 2.75) is 83.7 Å². The van der Waals surface area contributed by atoms with Crippen molar-refractivity contribution in [3.63, 3.8) is 0 Å². The zero-order chi connectivity index (χ0) is 15.2. The minimum Gasteiger partial charge on any atom is -0.393 e. The highest BCUT2D eigenvalue weighted by Gasteiger charge is 2.72. The van der Waals surface area contributed by atoms with Crippen LogP contribution in [0.5, 0.6) is 0 Å². The zero-order valence-electron chi connectivity index (χ0n) is 13.9. The Morgan fingerprint density at radius 2 is 1.68 bits per heavy atom. The van der Waals surface area contributed by atoms with E-state index < -0.39 is 0 Å². The summed E-state index contributed by atoms with van der Waals surface area (Å²) < 4.78 is 0. The van der Waals surface area contributed by atoms with E-state index >= 15 is 0 Å². The van der Waals surface area contributed by atoms with Gasteiger partial charge >= 0.3 is 0 Å². The maximum atomic E-state index is 12.5. The maximum Gasteiger partial charge on any atom is 0.139 e. The predicted octanol–water partition coefficient (Wildman–Crippen LogP) is 4.10. The molecule has 0 aromatic heterocycles. The summed E-state index contributed by atoms with van der Waals surface area (Å²) in [5.74, 6) is 2.85. The molecule has 7 unspecified atom stereocenters. The molecule has 7 atom stereocenters. The molecule has 5 aliphatic carbocycles. The third kappa shape index (κ3) is 1.37. The number of carbonyl (C=O) groups excluding carboxylic acids is 1. The number of ketones is 1. The Bertz CT molecular complexity index is 528. The molecule has 5 saturated carbocycles. The number of carbonyl (C=O) groups is 1. The van der Waals surface area contributed by atoms with Gasteiger partial charge in [-0.2, -0.15) is 0 Å². The summed E-state index contributed by atoms with van der Waals surface area (Å²) in [7, 11) is 0. The highest BCUT2D eigenvalue weighted by atomic mass is 16.3. The van der Waals surface area contributed by atoms with Gasteiger partial charge in [0, 0.05) is 11.8 Å². The van der Waals surface area contributed by atoms with Crippen molar-refractivity contribution in [1.82, 2.24) is 0 Å². The topological polar surface area (TPSA) is 37.3 Å². The molecule has 5 rings (SSSR count). The van der Waals surface area contributed by atoms with Crippen molar-refractivity contribution < 1.29 is 9.90 Å². The number of aliphatic hydroxyl groups excluding tert-OH is 1. The third-order valence-electron chi connectivity index (χ3n) is 9.52. The first-order chi connectivity index (χ1) is 10.5. The number of fused-ring (bicyclic) bond motifs is 2. The van der Waals surface area contributed by atoms with E-state index in [1.54, 1.807) is 0 Å². The number of Topliss-reactive ketones (excluding diaryl/α,β-unsaturated/α-hetero) is 1. The Balaban J connectivity index is 1.54. The van der Waals surface area contributed by atoms with E-state index in [1.807, 2.05) is 0 Å². The molecule has 2 spiro atoms. The first-order valence-corrected chi connectivity index (χ1v) is 9.73. The van der Waals surface area contributed by atoms with Crippen molar-refractivity contribution in [2.75, 3.05) is 0 Å². The van der Waals surface area contributed by atoms with Crippen molar-refractivity contribution in [3.8, 4) is 0 Å². The molecule has 5 fully saturated rings. The van der Waals surface area contributed by atoms with E-state index in [-0.39, 0.29) is 11.5 Å². The van der Waals surface area contributed by atoms with Crippen LogP contribution in [0, 0.1) is 34.0 Å². The lowest BCUT2D eigenvalue weighted by molar-refractivity contribution is -0.257. The van der Waals surface area contributed by atoms with E-state index in [9.17, 15) is 9.90 Å². The Labute approximate surface area is 134 Å². The average Bonchev–Trinajstić information content (AvgIpc) is 2.79. The van der Waals surface area contributed by atoms with E-state index in [0.29, 0.717) is 22.5 Å². The Morgan fingerprint density at radius 1 is 0.909 bits per heavy atom. The minimum atomic E-state index is -0.0354. The number of hydrogen-bond acceptors (Lipinski definition) is 2. The average molecular weight is 302 g/mol. The first-order valence-electron chi connectivity index (χ1n) is 9.73. The number of rotatable bonds is 0. The van der Waals surface area contributed by atoms with Crippen LogP contribution in [0.25, 0.3) is 0 Å². The Morgan fingerprint density at radius 3 is 2.45 bits per heavy atom. The van der Waals surface area contributed by atoms with Crippen LogP contribution in [0.2, 0.25) is 0 Å². The molecular formula is C20H30O2. The molecule has 0 amide bonds. The molecule has 0 aromatic rings. The molecule has 0 saturated heterocycles. The van der Waals surface area contributed by atoms with Gasteiger partial charge in [0.25, 0.3) is 0 Å². The van der Waals surface area contributed by atoms with Gasteiger partial charge in [0.1, 0.15) is 5.78 Å². The first kappa shape index (κ1) is 14.0. The van der Waals surface area contributed by atoms with Gasteiger partial charge in [-0.1, -0.05) is 6.92 Å². The molecule has 1 N–H and O–H groups in total. The van der Waals surface area contributed by atoms with Crippen LogP contribution in [-0.2, 0) is 4.79 Å². The number of hydrogen-bond donors (Lipinski definition) is 1. The Hall–Kier alpha value is -0.370. The second kappa shape index (κ2) is 4.18. The number of aliphatic hydroxyl groups is 1. The van der Waals surface area contributed by atoms with Gasteiger partial charge in [-0.05, 0) is 92.8 Å². The lowest BCUT2D eigenvalue weighted by atomic mass is 9.30. The second-order valence-corrected chi connectivity index (χ2v) is 9.61. The fraction of sp³-hybridized carbons (Fsp3) is 0.950. The van der Waals surface area contributed by atoms with E-state index in [1.165, 1.54) is 44.9 Å². The molecule has 5 aliphatic rings. The molecule has 0 aromatic carbocycles. The van der Waals surface area contributed by atoms with Gasteiger partial charge in [0.05, 0.1) is 6.10 Å². The second-order valence-electron chi connectivity index (χ2n) is 9.61. The van der Waals surface area contributed by atoms with Crippen LogP contribution in [-0.4, -0.2) is 17.0 Å². The van der Waals surface area contributed by atoms with Crippen LogP contribution in [0.1, 0.15) is 77.6 Å². The summed E-state index contributed by atoms with van der Waals surface area (Å²) in [6, 6.07) is 0. The van der Waals surface area contributed by atoms with Crippen molar-refractivity contribution in [3.05, 3.63) is 0 Å². The van der Waals surface area contributed by atoms with Gasteiger partial charge in [-0.3, -0.25) is 4.79 Å². The summed E-state index contributed by atoms with van der Waals surface area (Å²) in [4.78, 5) is 12.5. The Kier molecular flexibility index (Phi) is 2.66. The zero-order valence-corrected chi connectivity index (χ0v) is 13.9. The van der Waals surface area contributed by atoms with Gasteiger partial charge in [0.2, 0.25) is 0 Å². The minimum absolute atomic E-state index is 0.0215. The third-order valence-corrected chi connectivity index (χ3v) is 9.52. The molecule has 0 radical (unpaired) electrons. The molecule has 2 nitrogen and oxygen atoms in total. The molecule has 22 heavy (non-hydrogen) atoms. The fourth-order valence-electron chi connectivity index (χ4n) is 8.35. The highest BCUT2D eigenvalue weighted by Crippen LogP contribution is 2.79. The van der Waals surface area contributed by atoms with Crippen molar-refractivity contribution >= 4 is 5.78 Å². The standard InChI is InChI=1S/C20H30O2/c1-18-8-9-20-11-10-19(20)7-6-14(21)12-13(19)2-3-16(20)15(18)4-5-17(18)22/h13-16,21H,2-12H2,1H3. The van der Waals surface area contributed by atoms with Crippen LogP contribution in [0.3, 0.4) is 0 Å². The van der Waals surface area contributed by atoms with Gasteiger partial charge in [0.15, 0.2) is 0 Å². The lowest BCUT2D eigenvalue weighted by Gasteiger charge is -2.74. The normalized spacial score (nSPS) is 59.8. The lowest BCUT2D eigenvalue weighted by Crippen LogP contribution is -2.67. The van der Waals surface area contributed by atoms with Crippen molar-refractivity contribution in [2.24, 2.45) is 34.0 Å². The summed E-state index contributed by atoms with van der Waals surface area (Å²) in [6.07, 6.45) is 13.3. The van der Waals surface area contributed by atoms with E-state index in [0.717, 1.165) is 37.5 Å². The van der Waals surface area contributed by atoms with Crippen LogP contribution in [0.15, 0.2) is 0 Å². The molecule has 0 heterocycles. The van der Waals surface area contributed by atoms with Crippen molar-refractivity contribution in [1.29, 1.82) is 0 Å². The van der Waals surface area contributed by atoms with Crippen LogP contribution >= 0.6 is 0 Å². The van der Waals surface area contributed by atoms with Gasteiger partial charge in [-0.15, -0.1) is 0 Å². The quantitative estimate of drug-likeness (QED) is 0.731. The largest absolute Gasteiger partial charge is 0.393 e. The smallest absolute Gasteiger partial charge is 0.139 e. The fourth-order valence-corrected chi connectivity index (χ4v) is 8.35. The summed E-state index contributed by atoms with van der Waals surface area (Å²) in [5, 5.41) is 10.1.